The Kier molecular flexibility index (Phi) is 4.80. The van der Waals surface area contributed by atoms with Gasteiger partial charge in [0.1, 0.15) is 6.54 Å². The first-order chi connectivity index (χ1) is 11.6. The number of nitrogens with zero attached hydrogens (tertiary/aromatic N) is 2. The fraction of sp³-hybridized carbons (Fsp3) is 0.471. The number of likely N-dealkylation sites (N-methyl/N-ethyl adjacent to an activating group) is 1. The maximum Gasteiger partial charge on any atom is 0.329 e. The van der Waals surface area contributed by atoms with Crippen LogP contribution in [-0.4, -0.2) is 46.7 Å². The fourth-order valence-corrected chi connectivity index (χ4v) is 3.02. The zero-order chi connectivity index (χ0) is 17.1. The predicted octanol–water partition coefficient (Wildman–Crippen LogP) is 0.575. The molecular formula is C17H21N3O4. The number of carbonyl (C=O) groups is 1. The van der Waals surface area contributed by atoms with Gasteiger partial charge in [0.15, 0.2) is 0 Å². The lowest BCUT2D eigenvalue weighted by molar-refractivity contribution is -0.132. The van der Waals surface area contributed by atoms with Gasteiger partial charge in [-0.3, -0.25) is 14.2 Å². The molecule has 0 unspecified atom stereocenters. The Hall–Kier alpha value is -2.41. The number of rotatable bonds is 5. The van der Waals surface area contributed by atoms with Crippen LogP contribution in [0.15, 0.2) is 33.9 Å². The summed E-state index contributed by atoms with van der Waals surface area (Å²) >= 11 is 0. The van der Waals surface area contributed by atoms with Crippen LogP contribution >= 0.6 is 0 Å². The summed E-state index contributed by atoms with van der Waals surface area (Å²) in [6.45, 7) is 4.15. The highest BCUT2D eigenvalue weighted by molar-refractivity contribution is 5.78. The number of nitrogens with one attached hydrogen (secondary N) is 1. The van der Waals surface area contributed by atoms with Gasteiger partial charge >= 0.3 is 5.69 Å². The van der Waals surface area contributed by atoms with Gasteiger partial charge in [-0.1, -0.05) is 12.1 Å². The summed E-state index contributed by atoms with van der Waals surface area (Å²) in [6, 6.07) is 6.78. The van der Waals surface area contributed by atoms with Crippen molar-refractivity contribution < 1.29 is 9.53 Å². The number of carbonyl (C=O) groups excluding carboxylic acids is 1. The van der Waals surface area contributed by atoms with Crippen LogP contribution in [0.3, 0.4) is 0 Å². The molecule has 1 aromatic heterocycles. The van der Waals surface area contributed by atoms with Crippen LogP contribution in [0.4, 0.5) is 0 Å². The molecule has 2 heterocycles. The SMILES string of the molecule is CCN(C[C@@H]1CCOC1)C(=O)Cn1c(=O)[nH]c2ccccc2c1=O. The van der Waals surface area contributed by atoms with Gasteiger partial charge in [-0.25, -0.2) is 4.79 Å². The fourth-order valence-electron chi connectivity index (χ4n) is 3.02. The van der Waals surface area contributed by atoms with Gasteiger partial charge in [0.05, 0.1) is 17.5 Å². The second kappa shape index (κ2) is 7.00. The van der Waals surface area contributed by atoms with Gasteiger partial charge in [-0.15, -0.1) is 0 Å². The Balaban J connectivity index is 1.84. The van der Waals surface area contributed by atoms with E-state index in [0.717, 1.165) is 17.6 Å². The molecule has 7 heteroatoms. The molecule has 0 aliphatic carbocycles. The zero-order valence-corrected chi connectivity index (χ0v) is 13.7. The molecule has 128 valence electrons. The highest BCUT2D eigenvalue weighted by atomic mass is 16.5. The van der Waals surface area contributed by atoms with Crippen LogP contribution in [0, 0.1) is 5.92 Å². The highest BCUT2D eigenvalue weighted by Gasteiger charge is 2.22. The number of hydrogen-bond donors (Lipinski definition) is 1. The standard InChI is InChI=1S/C17H21N3O4/c1-2-19(9-12-7-8-24-11-12)15(21)10-20-16(22)13-5-3-4-6-14(13)18-17(20)23/h3-6,12H,2,7-11H2,1H3,(H,18,23)/t12-/m0/s1. The normalized spacial score (nSPS) is 17.3. The first-order valence-corrected chi connectivity index (χ1v) is 8.17. The number of aromatic nitrogens is 2. The van der Waals surface area contributed by atoms with Crippen molar-refractivity contribution in [1.82, 2.24) is 14.5 Å². The van der Waals surface area contributed by atoms with Crippen LogP contribution in [-0.2, 0) is 16.1 Å². The molecule has 0 spiro atoms. The lowest BCUT2D eigenvalue weighted by atomic mass is 10.1. The van der Waals surface area contributed by atoms with Gasteiger partial charge in [0.25, 0.3) is 5.56 Å². The van der Waals surface area contributed by atoms with Gasteiger partial charge < -0.3 is 14.6 Å². The second-order valence-corrected chi connectivity index (χ2v) is 6.03. The predicted molar refractivity (Wildman–Crippen MR) is 90.0 cm³/mol. The van der Waals surface area contributed by atoms with Crippen LogP contribution in [0.2, 0.25) is 0 Å². The third kappa shape index (κ3) is 3.26. The summed E-state index contributed by atoms with van der Waals surface area (Å²) in [5.74, 6) is 0.0905. The Bertz CT molecular complexity index is 849. The Morgan fingerprint density at radius 1 is 1.38 bits per heavy atom. The summed E-state index contributed by atoms with van der Waals surface area (Å²) in [4.78, 5) is 41.5. The van der Waals surface area contributed by atoms with Crippen molar-refractivity contribution in [2.75, 3.05) is 26.3 Å². The highest BCUT2D eigenvalue weighted by Crippen LogP contribution is 2.14. The van der Waals surface area contributed by atoms with E-state index in [2.05, 4.69) is 4.98 Å². The Morgan fingerprint density at radius 3 is 2.88 bits per heavy atom. The third-order valence-electron chi connectivity index (χ3n) is 4.42. The van der Waals surface area contributed by atoms with E-state index in [1.54, 1.807) is 29.2 Å². The molecule has 0 bridgehead atoms. The summed E-state index contributed by atoms with van der Waals surface area (Å²) < 4.78 is 6.31. The molecule has 0 radical (unpaired) electrons. The molecular weight excluding hydrogens is 310 g/mol. The maximum atomic E-state index is 12.5. The molecule has 1 N–H and O–H groups in total. The molecule has 1 saturated heterocycles. The van der Waals surface area contributed by atoms with Crippen molar-refractivity contribution in [2.24, 2.45) is 5.92 Å². The van der Waals surface area contributed by atoms with Crippen molar-refractivity contribution >= 4 is 16.8 Å². The lowest BCUT2D eigenvalue weighted by Crippen LogP contribution is -2.43. The third-order valence-corrected chi connectivity index (χ3v) is 4.42. The minimum atomic E-state index is -0.563. The Labute approximate surface area is 138 Å². The smallest absolute Gasteiger partial charge is 0.329 e. The van der Waals surface area contributed by atoms with Gasteiger partial charge in [0, 0.05) is 25.6 Å². The van der Waals surface area contributed by atoms with E-state index in [0.29, 0.717) is 36.5 Å². The lowest BCUT2D eigenvalue weighted by Gasteiger charge is -2.24. The van der Waals surface area contributed by atoms with Crippen molar-refractivity contribution in [3.05, 3.63) is 45.1 Å². The van der Waals surface area contributed by atoms with Gasteiger partial charge in [-0.2, -0.15) is 0 Å². The summed E-state index contributed by atoms with van der Waals surface area (Å²) in [7, 11) is 0. The molecule has 0 saturated carbocycles. The molecule has 1 amide bonds. The molecule has 1 aliphatic rings. The minimum absolute atomic E-state index is 0.229. The molecule has 1 aromatic carbocycles. The first-order valence-electron chi connectivity index (χ1n) is 8.17. The monoisotopic (exact) mass is 331 g/mol. The number of H-pyrrole nitrogens is 1. The number of amides is 1. The van der Waals surface area contributed by atoms with Crippen molar-refractivity contribution in [3.63, 3.8) is 0 Å². The number of ether oxygens (including phenoxy) is 1. The van der Waals surface area contributed by atoms with E-state index in [4.69, 9.17) is 4.74 Å². The molecule has 1 atom stereocenters. The molecule has 24 heavy (non-hydrogen) atoms. The Morgan fingerprint density at radius 2 is 2.17 bits per heavy atom. The molecule has 1 aliphatic heterocycles. The quantitative estimate of drug-likeness (QED) is 0.868. The van der Waals surface area contributed by atoms with E-state index >= 15 is 0 Å². The maximum absolute atomic E-state index is 12.5. The number of fused-ring (bicyclic) bond motifs is 1. The molecule has 7 nitrogen and oxygen atoms in total. The largest absolute Gasteiger partial charge is 0.381 e. The zero-order valence-electron chi connectivity index (χ0n) is 13.7. The molecule has 1 fully saturated rings. The molecule has 3 rings (SSSR count). The van der Waals surface area contributed by atoms with Gasteiger partial charge in [-0.05, 0) is 25.5 Å². The van der Waals surface area contributed by atoms with Crippen molar-refractivity contribution in [1.29, 1.82) is 0 Å². The summed E-state index contributed by atoms with van der Waals surface area (Å²) in [6.07, 6.45) is 0.931. The second-order valence-electron chi connectivity index (χ2n) is 6.03. The van der Waals surface area contributed by atoms with E-state index in [1.807, 2.05) is 6.92 Å². The first kappa shape index (κ1) is 16.4. The van der Waals surface area contributed by atoms with Gasteiger partial charge in [0.2, 0.25) is 5.91 Å². The van der Waals surface area contributed by atoms with E-state index in [1.165, 1.54) is 0 Å². The summed E-state index contributed by atoms with van der Waals surface area (Å²) in [5.41, 5.74) is -0.526. The number of aromatic amines is 1. The van der Waals surface area contributed by atoms with Crippen molar-refractivity contribution in [3.8, 4) is 0 Å². The number of benzene rings is 1. The van der Waals surface area contributed by atoms with E-state index in [9.17, 15) is 14.4 Å². The molecule has 2 aromatic rings. The van der Waals surface area contributed by atoms with E-state index < -0.39 is 11.2 Å². The minimum Gasteiger partial charge on any atom is -0.381 e. The van der Waals surface area contributed by atoms with Crippen LogP contribution in [0.25, 0.3) is 10.9 Å². The van der Waals surface area contributed by atoms with Crippen LogP contribution < -0.4 is 11.2 Å². The number of para-hydroxylation sites is 1. The van der Waals surface area contributed by atoms with Crippen molar-refractivity contribution in [2.45, 2.75) is 19.9 Å². The average Bonchev–Trinajstić information content (AvgIpc) is 3.09. The topological polar surface area (TPSA) is 84.4 Å². The summed E-state index contributed by atoms with van der Waals surface area (Å²) in [5, 5.41) is 0.400. The van der Waals surface area contributed by atoms with Crippen LogP contribution in [0.1, 0.15) is 13.3 Å². The van der Waals surface area contributed by atoms with Crippen LogP contribution in [0.5, 0.6) is 0 Å². The average molecular weight is 331 g/mol. The van der Waals surface area contributed by atoms with E-state index in [-0.39, 0.29) is 12.5 Å². The number of hydrogen-bond acceptors (Lipinski definition) is 4.